The molecule has 1 unspecified atom stereocenters. The summed E-state index contributed by atoms with van der Waals surface area (Å²) in [5, 5.41) is 9.00. The minimum absolute atomic E-state index is 0.0168. The number of aryl methyl sites for hydroxylation is 3. The van der Waals surface area contributed by atoms with Crippen molar-refractivity contribution in [2.75, 3.05) is 26.2 Å². The van der Waals surface area contributed by atoms with Crippen LogP contribution in [-0.2, 0) is 18.3 Å². The fraction of sp³-hybridized carbons (Fsp3) is 0.455. The Kier molecular flexibility index (Phi) is 5.58. The smallest absolute Gasteiger partial charge is 0.194 e. The van der Waals surface area contributed by atoms with Gasteiger partial charge in [-0.25, -0.2) is 4.99 Å². The SMILES string of the molecule is CCNC(=NCc1ccc2[nH]c(C)c(C)c2c1)N1CCOC(c2cnn(C)c2)C1. The molecule has 0 radical (unpaired) electrons. The Morgan fingerprint density at radius 3 is 3.00 bits per heavy atom. The second-order valence-corrected chi connectivity index (χ2v) is 7.68. The predicted octanol–water partition coefficient (Wildman–Crippen LogP) is 3.06. The summed E-state index contributed by atoms with van der Waals surface area (Å²) >= 11 is 0. The normalized spacial score (nSPS) is 17.9. The van der Waals surface area contributed by atoms with Crippen LogP contribution in [-0.4, -0.2) is 51.9 Å². The van der Waals surface area contributed by atoms with Gasteiger partial charge in [0.15, 0.2) is 5.96 Å². The van der Waals surface area contributed by atoms with Crippen molar-refractivity contribution >= 4 is 16.9 Å². The zero-order valence-corrected chi connectivity index (χ0v) is 17.7. The van der Waals surface area contributed by atoms with Crippen LogP contribution in [0, 0.1) is 13.8 Å². The number of ether oxygens (including phenoxy) is 1. The Hall–Kier alpha value is -2.80. The Balaban J connectivity index is 1.52. The Morgan fingerprint density at radius 2 is 2.24 bits per heavy atom. The Morgan fingerprint density at radius 1 is 1.38 bits per heavy atom. The molecule has 7 nitrogen and oxygen atoms in total. The van der Waals surface area contributed by atoms with E-state index in [1.54, 1.807) is 0 Å². The number of H-pyrrole nitrogens is 1. The van der Waals surface area contributed by atoms with Crippen molar-refractivity contribution in [3.8, 4) is 0 Å². The highest BCUT2D eigenvalue weighted by atomic mass is 16.5. The van der Waals surface area contributed by atoms with Gasteiger partial charge in [0.05, 0.1) is 25.9 Å². The maximum absolute atomic E-state index is 5.98. The number of benzene rings is 1. The van der Waals surface area contributed by atoms with E-state index < -0.39 is 0 Å². The molecule has 0 bridgehead atoms. The van der Waals surface area contributed by atoms with E-state index in [1.807, 2.05) is 24.1 Å². The van der Waals surface area contributed by atoms with Crippen molar-refractivity contribution in [1.29, 1.82) is 0 Å². The average Bonchev–Trinajstić information content (AvgIpc) is 3.29. The topological polar surface area (TPSA) is 70.5 Å². The zero-order chi connectivity index (χ0) is 20.4. The molecule has 0 amide bonds. The number of aromatic amines is 1. The van der Waals surface area contributed by atoms with Gasteiger partial charge in [0.2, 0.25) is 0 Å². The molecule has 0 saturated carbocycles. The van der Waals surface area contributed by atoms with Crippen LogP contribution >= 0.6 is 0 Å². The Labute approximate surface area is 171 Å². The van der Waals surface area contributed by atoms with Gasteiger partial charge in [0.1, 0.15) is 6.10 Å². The molecule has 4 rings (SSSR count). The van der Waals surface area contributed by atoms with Crippen LogP contribution in [0.15, 0.2) is 35.6 Å². The standard InChI is InChI=1S/C22H30N6O/c1-5-23-22(28-8-9-29-21(14-28)18-12-25-27(4)13-18)24-11-17-6-7-20-19(10-17)15(2)16(3)26-20/h6-7,10,12-13,21,26H,5,8-9,11,14H2,1-4H3,(H,23,24). The van der Waals surface area contributed by atoms with Gasteiger partial charge < -0.3 is 19.9 Å². The van der Waals surface area contributed by atoms with Gasteiger partial charge in [-0.3, -0.25) is 4.68 Å². The molecule has 1 aliphatic rings. The molecule has 1 aromatic carbocycles. The summed E-state index contributed by atoms with van der Waals surface area (Å²) in [4.78, 5) is 10.7. The molecule has 1 atom stereocenters. The molecule has 1 aliphatic heterocycles. The van der Waals surface area contributed by atoms with Crippen molar-refractivity contribution in [3.63, 3.8) is 0 Å². The molecule has 3 heterocycles. The first-order valence-corrected chi connectivity index (χ1v) is 10.3. The van der Waals surface area contributed by atoms with Crippen molar-refractivity contribution in [2.45, 2.75) is 33.4 Å². The fourth-order valence-corrected chi connectivity index (χ4v) is 3.85. The molecule has 2 aromatic heterocycles. The number of guanidine groups is 1. The highest BCUT2D eigenvalue weighted by Gasteiger charge is 2.25. The molecule has 154 valence electrons. The summed E-state index contributed by atoms with van der Waals surface area (Å²) in [6.45, 7) is 10.2. The van der Waals surface area contributed by atoms with Crippen LogP contribution in [0.4, 0.5) is 0 Å². The number of nitrogens with zero attached hydrogens (tertiary/aromatic N) is 4. The van der Waals surface area contributed by atoms with Crippen molar-refractivity contribution in [2.24, 2.45) is 12.0 Å². The third kappa shape index (κ3) is 4.15. The number of rotatable bonds is 4. The van der Waals surface area contributed by atoms with E-state index in [0.717, 1.165) is 31.2 Å². The van der Waals surface area contributed by atoms with Crippen LogP contribution in [0.5, 0.6) is 0 Å². The number of aliphatic imine (C=N–C) groups is 1. The first-order chi connectivity index (χ1) is 14.0. The van der Waals surface area contributed by atoms with Gasteiger partial charge in [-0.05, 0) is 44.0 Å². The molecule has 1 fully saturated rings. The van der Waals surface area contributed by atoms with Gasteiger partial charge >= 0.3 is 0 Å². The zero-order valence-electron chi connectivity index (χ0n) is 17.7. The molecule has 1 saturated heterocycles. The van der Waals surface area contributed by atoms with E-state index in [-0.39, 0.29) is 6.10 Å². The molecule has 3 aromatic rings. The second-order valence-electron chi connectivity index (χ2n) is 7.68. The highest BCUT2D eigenvalue weighted by Crippen LogP contribution is 2.24. The lowest BCUT2D eigenvalue weighted by atomic mass is 10.1. The van der Waals surface area contributed by atoms with Crippen LogP contribution < -0.4 is 5.32 Å². The van der Waals surface area contributed by atoms with Crippen LogP contribution in [0.1, 0.15) is 35.4 Å². The summed E-state index contributed by atoms with van der Waals surface area (Å²) in [6, 6.07) is 6.56. The molecular formula is C22H30N6O. The van der Waals surface area contributed by atoms with Crippen molar-refractivity contribution in [3.05, 3.63) is 53.0 Å². The lowest BCUT2D eigenvalue weighted by Gasteiger charge is -2.34. The van der Waals surface area contributed by atoms with Crippen LogP contribution in [0.2, 0.25) is 0 Å². The predicted molar refractivity (Wildman–Crippen MR) is 116 cm³/mol. The monoisotopic (exact) mass is 394 g/mol. The maximum atomic E-state index is 5.98. The van der Waals surface area contributed by atoms with Gasteiger partial charge in [0.25, 0.3) is 0 Å². The number of hydrogen-bond acceptors (Lipinski definition) is 3. The average molecular weight is 395 g/mol. The lowest BCUT2D eigenvalue weighted by Crippen LogP contribution is -2.48. The number of morpholine rings is 1. The van der Waals surface area contributed by atoms with E-state index in [1.165, 1.54) is 27.7 Å². The van der Waals surface area contributed by atoms with Crippen molar-refractivity contribution in [1.82, 2.24) is 25.0 Å². The summed E-state index contributed by atoms with van der Waals surface area (Å²) in [5.41, 5.74) is 6.05. The lowest BCUT2D eigenvalue weighted by molar-refractivity contribution is -0.00805. The minimum Gasteiger partial charge on any atom is -0.370 e. The van der Waals surface area contributed by atoms with Crippen molar-refractivity contribution < 1.29 is 4.74 Å². The summed E-state index contributed by atoms with van der Waals surface area (Å²) in [7, 11) is 1.93. The number of hydrogen-bond donors (Lipinski definition) is 2. The van der Waals surface area contributed by atoms with Crippen LogP contribution in [0.3, 0.4) is 0 Å². The van der Waals surface area contributed by atoms with Gasteiger partial charge in [-0.1, -0.05) is 6.07 Å². The van der Waals surface area contributed by atoms with E-state index in [2.05, 4.69) is 59.3 Å². The number of aromatic nitrogens is 3. The Bertz CT molecular complexity index is 1020. The summed E-state index contributed by atoms with van der Waals surface area (Å²) < 4.78 is 7.80. The third-order valence-corrected chi connectivity index (χ3v) is 5.58. The number of fused-ring (bicyclic) bond motifs is 1. The molecule has 7 heteroatoms. The summed E-state index contributed by atoms with van der Waals surface area (Å²) in [5.74, 6) is 0.937. The summed E-state index contributed by atoms with van der Waals surface area (Å²) in [6.07, 6.45) is 3.92. The molecule has 2 N–H and O–H groups in total. The highest BCUT2D eigenvalue weighted by molar-refractivity contribution is 5.85. The minimum atomic E-state index is 0.0168. The molecule has 0 spiro atoms. The van der Waals surface area contributed by atoms with Gasteiger partial charge in [0, 0.05) is 48.5 Å². The van der Waals surface area contributed by atoms with E-state index >= 15 is 0 Å². The molecular weight excluding hydrogens is 364 g/mol. The second kappa shape index (κ2) is 8.29. The van der Waals surface area contributed by atoms with E-state index in [4.69, 9.17) is 9.73 Å². The van der Waals surface area contributed by atoms with Gasteiger partial charge in [-0.2, -0.15) is 5.10 Å². The third-order valence-electron chi connectivity index (χ3n) is 5.58. The first-order valence-electron chi connectivity index (χ1n) is 10.3. The van der Waals surface area contributed by atoms with E-state index in [0.29, 0.717) is 13.2 Å². The largest absolute Gasteiger partial charge is 0.370 e. The maximum Gasteiger partial charge on any atom is 0.194 e. The fourth-order valence-electron chi connectivity index (χ4n) is 3.85. The van der Waals surface area contributed by atoms with Crippen LogP contribution in [0.25, 0.3) is 10.9 Å². The molecule has 29 heavy (non-hydrogen) atoms. The quantitative estimate of drug-likeness (QED) is 0.527. The molecule has 0 aliphatic carbocycles. The van der Waals surface area contributed by atoms with E-state index in [9.17, 15) is 0 Å². The number of nitrogens with one attached hydrogen (secondary N) is 2. The van der Waals surface area contributed by atoms with Gasteiger partial charge in [-0.15, -0.1) is 0 Å². The first kappa shape index (κ1) is 19.5.